The van der Waals surface area contributed by atoms with Crippen LogP contribution in [0.15, 0.2) is 12.3 Å². The van der Waals surface area contributed by atoms with Crippen LogP contribution in [0.2, 0.25) is 0 Å². The molecule has 1 aliphatic rings. The topological polar surface area (TPSA) is 74.4 Å². The maximum Gasteiger partial charge on any atom is 0.343 e. The molecule has 0 unspecified atom stereocenters. The third kappa shape index (κ3) is 3.59. The van der Waals surface area contributed by atoms with Crippen molar-refractivity contribution >= 4 is 11.7 Å². The lowest BCUT2D eigenvalue weighted by atomic mass is 9.98. The number of ether oxygens (including phenoxy) is 2. The summed E-state index contributed by atoms with van der Waals surface area (Å²) in [6.07, 6.45) is 7.23. The average Bonchev–Trinajstić information content (AvgIpc) is 2.42. The summed E-state index contributed by atoms with van der Waals surface area (Å²) in [5.41, 5.74) is 6.41. The zero-order valence-electron chi connectivity index (χ0n) is 11.2. The normalized spacial score (nSPS) is 16.1. The summed E-state index contributed by atoms with van der Waals surface area (Å²) in [5.74, 6) is -0.104. The van der Waals surface area contributed by atoms with Crippen LogP contribution in [-0.4, -0.2) is 23.7 Å². The molecule has 1 aromatic heterocycles. The zero-order chi connectivity index (χ0) is 13.7. The molecule has 0 bridgehead atoms. The van der Waals surface area contributed by atoms with Gasteiger partial charge in [0.05, 0.1) is 18.5 Å². The molecule has 0 radical (unpaired) electrons. The van der Waals surface area contributed by atoms with Crippen molar-refractivity contribution in [3.8, 4) is 5.88 Å². The number of carbonyl (C=O) groups excluding carboxylic acids is 1. The van der Waals surface area contributed by atoms with Crippen LogP contribution < -0.4 is 10.5 Å². The lowest BCUT2D eigenvalue weighted by molar-refractivity contribution is 0.0514. The average molecular weight is 264 g/mol. The second-order valence-corrected chi connectivity index (χ2v) is 4.72. The van der Waals surface area contributed by atoms with E-state index >= 15 is 0 Å². The maximum absolute atomic E-state index is 11.9. The molecule has 1 aromatic rings. The van der Waals surface area contributed by atoms with Crippen LogP contribution >= 0.6 is 0 Å². The number of pyridine rings is 1. The number of hydrogen-bond acceptors (Lipinski definition) is 5. The van der Waals surface area contributed by atoms with Gasteiger partial charge in [-0.2, -0.15) is 0 Å². The monoisotopic (exact) mass is 264 g/mol. The molecule has 2 rings (SSSR count). The predicted octanol–water partition coefficient (Wildman–Crippen LogP) is 2.55. The number of nitrogens with zero attached hydrogens (tertiary/aromatic N) is 1. The molecule has 1 fully saturated rings. The van der Waals surface area contributed by atoms with Gasteiger partial charge in [0.25, 0.3) is 0 Å². The Balaban J connectivity index is 2.15. The van der Waals surface area contributed by atoms with E-state index < -0.39 is 5.97 Å². The van der Waals surface area contributed by atoms with Crippen molar-refractivity contribution in [2.24, 2.45) is 0 Å². The van der Waals surface area contributed by atoms with Gasteiger partial charge in [-0.25, -0.2) is 9.78 Å². The Morgan fingerprint density at radius 3 is 2.84 bits per heavy atom. The fourth-order valence-corrected chi connectivity index (χ4v) is 2.26. The first-order chi connectivity index (χ1) is 9.20. The summed E-state index contributed by atoms with van der Waals surface area (Å²) in [6.45, 7) is 2.08. The van der Waals surface area contributed by atoms with E-state index in [-0.39, 0.29) is 6.10 Å². The standard InChI is InChI=1S/C14H20N2O3/c1-2-18-14(17)12-8-10(15)9-16-13(12)19-11-6-4-3-5-7-11/h8-9,11H,2-7,15H2,1H3. The number of hydrogen-bond donors (Lipinski definition) is 1. The molecule has 1 heterocycles. The van der Waals surface area contributed by atoms with E-state index in [0.717, 1.165) is 25.7 Å². The van der Waals surface area contributed by atoms with Crippen molar-refractivity contribution in [2.45, 2.75) is 45.1 Å². The lowest BCUT2D eigenvalue weighted by Crippen LogP contribution is -2.22. The predicted molar refractivity (Wildman–Crippen MR) is 72.1 cm³/mol. The van der Waals surface area contributed by atoms with Crippen LogP contribution in [0.3, 0.4) is 0 Å². The molecule has 0 amide bonds. The van der Waals surface area contributed by atoms with E-state index in [1.54, 1.807) is 13.0 Å². The smallest absolute Gasteiger partial charge is 0.343 e. The first kappa shape index (κ1) is 13.6. The van der Waals surface area contributed by atoms with E-state index in [1.807, 2.05) is 0 Å². The van der Waals surface area contributed by atoms with Crippen molar-refractivity contribution in [3.05, 3.63) is 17.8 Å². The molecule has 0 atom stereocenters. The highest BCUT2D eigenvalue weighted by atomic mass is 16.5. The third-order valence-corrected chi connectivity index (χ3v) is 3.20. The maximum atomic E-state index is 11.9. The minimum atomic E-state index is -0.437. The molecule has 1 saturated carbocycles. The number of esters is 1. The van der Waals surface area contributed by atoms with Gasteiger partial charge in [0.15, 0.2) is 0 Å². The Kier molecular flexibility index (Phi) is 4.60. The summed E-state index contributed by atoms with van der Waals surface area (Å²) in [6, 6.07) is 1.56. The Hall–Kier alpha value is -1.78. The van der Waals surface area contributed by atoms with E-state index in [1.165, 1.54) is 12.6 Å². The minimum absolute atomic E-state index is 0.137. The fraction of sp³-hybridized carbons (Fsp3) is 0.571. The molecular weight excluding hydrogens is 244 g/mol. The number of anilines is 1. The van der Waals surface area contributed by atoms with Crippen molar-refractivity contribution in [1.29, 1.82) is 0 Å². The molecular formula is C14H20N2O3. The summed E-state index contributed by atoms with van der Waals surface area (Å²) >= 11 is 0. The van der Waals surface area contributed by atoms with Gasteiger partial charge in [0.1, 0.15) is 11.7 Å². The quantitative estimate of drug-likeness (QED) is 0.846. The zero-order valence-corrected chi connectivity index (χ0v) is 11.2. The Morgan fingerprint density at radius 1 is 1.42 bits per heavy atom. The Morgan fingerprint density at radius 2 is 2.16 bits per heavy atom. The molecule has 5 nitrogen and oxygen atoms in total. The highest BCUT2D eigenvalue weighted by Crippen LogP contribution is 2.25. The highest BCUT2D eigenvalue weighted by molar-refractivity contribution is 5.92. The summed E-state index contributed by atoms with van der Waals surface area (Å²) in [5, 5.41) is 0. The van der Waals surface area contributed by atoms with Gasteiger partial charge in [-0.3, -0.25) is 0 Å². The van der Waals surface area contributed by atoms with E-state index in [9.17, 15) is 4.79 Å². The van der Waals surface area contributed by atoms with Gasteiger partial charge >= 0.3 is 5.97 Å². The molecule has 0 spiro atoms. The largest absolute Gasteiger partial charge is 0.474 e. The molecule has 0 aromatic carbocycles. The van der Waals surface area contributed by atoms with Crippen LogP contribution in [0, 0.1) is 0 Å². The summed E-state index contributed by atoms with van der Waals surface area (Å²) in [4.78, 5) is 16.0. The van der Waals surface area contributed by atoms with E-state index in [4.69, 9.17) is 15.2 Å². The first-order valence-electron chi connectivity index (χ1n) is 6.80. The fourth-order valence-electron chi connectivity index (χ4n) is 2.26. The molecule has 1 aliphatic carbocycles. The Labute approximate surface area is 113 Å². The molecule has 0 saturated heterocycles. The number of carbonyl (C=O) groups is 1. The van der Waals surface area contributed by atoms with E-state index in [0.29, 0.717) is 23.7 Å². The molecule has 2 N–H and O–H groups in total. The first-order valence-corrected chi connectivity index (χ1v) is 6.80. The SMILES string of the molecule is CCOC(=O)c1cc(N)cnc1OC1CCCCC1. The molecule has 19 heavy (non-hydrogen) atoms. The van der Waals surface area contributed by atoms with Crippen molar-refractivity contribution < 1.29 is 14.3 Å². The molecule has 0 aliphatic heterocycles. The van der Waals surface area contributed by atoms with Crippen LogP contribution in [0.1, 0.15) is 49.4 Å². The van der Waals surface area contributed by atoms with Crippen molar-refractivity contribution in [1.82, 2.24) is 4.98 Å². The summed E-state index contributed by atoms with van der Waals surface area (Å²) in [7, 11) is 0. The lowest BCUT2D eigenvalue weighted by Gasteiger charge is -2.23. The minimum Gasteiger partial charge on any atom is -0.474 e. The molecule has 5 heteroatoms. The van der Waals surface area contributed by atoms with Gasteiger partial charge in [0.2, 0.25) is 5.88 Å². The second-order valence-electron chi connectivity index (χ2n) is 4.72. The third-order valence-electron chi connectivity index (χ3n) is 3.20. The number of aromatic nitrogens is 1. The highest BCUT2D eigenvalue weighted by Gasteiger charge is 2.21. The van der Waals surface area contributed by atoms with Crippen LogP contribution in [-0.2, 0) is 4.74 Å². The van der Waals surface area contributed by atoms with Gasteiger partial charge in [-0.15, -0.1) is 0 Å². The number of nitrogens with two attached hydrogens (primary N) is 1. The van der Waals surface area contributed by atoms with Crippen molar-refractivity contribution in [3.63, 3.8) is 0 Å². The van der Waals surface area contributed by atoms with Gasteiger partial charge < -0.3 is 15.2 Å². The Bertz CT molecular complexity index is 442. The van der Waals surface area contributed by atoms with Crippen LogP contribution in [0.4, 0.5) is 5.69 Å². The van der Waals surface area contributed by atoms with Crippen LogP contribution in [0.25, 0.3) is 0 Å². The number of nitrogen functional groups attached to an aromatic ring is 1. The van der Waals surface area contributed by atoms with Gasteiger partial charge in [0, 0.05) is 0 Å². The molecule has 104 valence electrons. The van der Waals surface area contributed by atoms with Crippen LogP contribution in [0.5, 0.6) is 5.88 Å². The second kappa shape index (κ2) is 6.41. The van der Waals surface area contributed by atoms with E-state index in [2.05, 4.69) is 4.98 Å². The summed E-state index contributed by atoms with van der Waals surface area (Å²) < 4.78 is 10.8. The van der Waals surface area contributed by atoms with Crippen molar-refractivity contribution in [2.75, 3.05) is 12.3 Å². The van der Waals surface area contributed by atoms with Gasteiger partial charge in [-0.05, 0) is 38.7 Å². The number of rotatable bonds is 4. The van der Waals surface area contributed by atoms with Gasteiger partial charge in [-0.1, -0.05) is 6.42 Å².